The van der Waals surface area contributed by atoms with E-state index in [1.165, 1.54) is 16.4 Å². The summed E-state index contributed by atoms with van der Waals surface area (Å²) in [5.41, 5.74) is 1.63. The van der Waals surface area contributed by atoms with Crippen molar-refractivity contribution in [2.24, 2.45) is 0 Å². The van der Waals surface area contributed by atoms with Gasteiger partial charge in [0.15, 0.2) is 0 Å². The number of rotatable bonds is 7. The number of carboxylic acid groups (broad SMARTS) is 1. The highest BCUT2D eigenvalue weighted by Crippen LogP contribution is 2.12. The number of aromatic nitrogens is 4. The van der Waals surface area contributed by atoms with Crippen molar-refractivity contribution in [1.29, 1.82) is 0 Å². The Morgan fingerprint density at radius 1 is 1.19 bits per heavy atom. The molecule has 0 atom stereocenters. The molecule has 0 aliphatic carbocycles. The van der Waals surface area contributed by atoms with Crippen LogP contribution < -0.4 is 0 Å². The van der Waals surface area contributed by atoms with Gasteiger partial charge in [-0.1, -0.05) is 0 Å². The molecular weight excluding hydrogens is 336 g/mol. The number of carbonyl (C=O) groups is 2. The summed E-state index contributed by atoms with van der Waals surface area (Å²) in [5.74, 6) is -0.995. The van der Waals surface area contributed by atoms with Gasteiger partial charge in [-0.3, -0.25) is 23.9 Å². The molecule has 0 spiro atoms. The van der Waals surface area contributed by atoms with Gasteiger partial charge in [0, 0.05) is 57.2 Å². The first-order valence-corrected chi connectivity index (χ1v) is 8.83. The molecule has 9 heteroatoms. The second-order valence-corrected chi connectivity index (χ2v) is 6.36. The van der Waals surface area contributed by atoms with Gasteiger partial charge in [-0.05, 0) is 13.0 Å². The Kier molecular flexibility index (Phi) is 5.67. The molecule has 0 bridgehead atoms. The SMILES string of the molecule is CCn1cc(CN2CCN(C(=O)c3ccnn3CCC(=O)O)CC2)cn1. The molecule has 0 radical (unpaired) electrons. The third-order valence-corrected chi connectivity index (χ3v) is 4.55. The Morgan fingerprint density at radius 2 is 1.96 bits per heavy atom. The van der Waals surface area contributed by atoms with Crippen molar-refractivity contribution in [1.82, 2.24) is 29.4 Å². The van der Waals surface area contributed by atoms with Crippen LogP contribution in [0.4, 0.5) is 0 Å². The Hall–Kier alpha value is -2.68. The topological polar surface area (TPSA) is 96.5 Å². The molecule has 1 aliphatic heterocycles. The van der Waals surface area contributed by atoms with E-state index < -0.39 is 5.97 Å². The number of amides is 1. The van der Waals surface area contributed by atoms with Crippen LogP contribution in [0.25, 0.3) is 0 Å². The highest BCUT2D eigenvalue weighted by atomic mass is 16.4. The van der Waals surface area contributed by atoms with Crippen LogP contribution in [0.1, 0.15) is 29.4 Å². The highest BCUT2D eigenvalue weighted by molar-refractivity contribution is 5.92. The molecule has 2 aromatic heterocycles. The van der Waals surface area contributed by atoms with E-state index in [1.807, 2.05) is 10.9 Å². The summed E-state index contributed by atoms with van der Waals surface area (Å²) >= 11 is 0. The van der Waals surface area contributed by atoms with Gasteiger partial charge in [0.25, 0.3) is 5.91 Å². The largest absolute Gasteiger partial charge is 0.481 e. The van der Waals surface area contributed by atoms with Crippen molar-refractivity contribution >= 4 is 11.9 Å². The molecule has 1 N–H and O–H groups in total. The minimum atomic E-state index is -0.904. The Balaban J connectivity index is 1.53. The van der Waals surface area contributed by atoms with Gasteiger partial charge < -0.3 is 10.0 Å². The fourth-order valence-corrected chi connectivity index (χ4v) is 3.08. The van der Waals surface area contributed by atoms with E-state index in [0.29, 0.717) is 18.8 Å². The predicted octanol–water partition coefficient (Wildman–Crippen LogP) is 0.532. The molecule has 1 saturated heterocycles. The van der Waals surface area contributed by atoms with E-state index in [2.05, 4.69) is 28.2 Å². The van der Waals surface area contributed by atoms with Gasteiger partial charge >= 0.3 is 5.97 Å². The summed E-state index contributed by atoms with van der Waals surface area (Å²) in [7, 11) is 0. The van der Waals surface area contributed by atoms with Crippen LogP contribution in [0.5, 0.6) is 0 Å². The van der Waals surface area contributed by atoms with E-state index in [9.17, 15) is 9.59 Å². The number of piperazine rings is 1. The lowest BCUT2D eigenvalue weighted by Gasteiger charge is -2.34. The zero-order valence-corrected chi connectivity index (χ0v) is 14.9. The van der Waals surface area contributed by atoms with Crippen LogP contribution in [0, 0.1) is 0 Å². The summed E-state index contributed by atoms with van der Waals surface area (Å²) in [6.07, 6.45) is 5.43. The Morgan fingerprint density at radius 3 is 2.62 bits per heavy atom. The van der Waals surface area contributed by atoms with Crippen molar-refractivity contribution in [2.45, 2.75) is 33.0 Å². The van der Waals surface area contributed by atoms with Gasteiger partial charge in [-0.25, -0.2) is 0 Å². The number of nitrogens with zero attached hydrogens (tertiary/aromatic N) is 6. The van der Waals surface area contributed by atoms with Crippen LogP contribution in [-0.4, -0.2) is 72.5 Å². The maximum atomic E-state index is 12.7. The second-order valence-electron chi connectivity index (χ2n) is 6.36. The minimum Gasteiger partial charge on any atom is -0.481 e. The van der Waals surface area contributed by atoms with Crippen molar-refractivity contribution in [3.63, 3.8) is 0 Å². The average molecular weight is 360 g/mol. The molecule has 0 unspecified atom stereocenters. The summed E-state index contributed by atoms with van der Waals surface area (Å²) in [6.45, 7) is 6.83. The molecule has 1 fully saturated rings. The molecular formula is C17H24N6O3. The molecule has 1 aliphatic rings. The van der Waals surface area contributed by atoms with Gasteiger partial charge in [0.1, 0.15) is 5.69 Å². The number of carboxylic acids is 1. The van der Waals surface area contributed by atoms with Gasteiger partial charge in [0.2, 0.25) is 0 Å². The third-order valence-electron chi connectivity index (χ3n) is 4.55. The normalized spacial score (nSPS) is 15.3. The molecule has 3 rings (SSSR count). The summed E-state index contributed by atoms with van der Waals surface area (Å²) < 4.78 is 3.38. The van der Waals surface area contributed by atoms with Crippen molar-refractivity contribution in [2.75, 3.05) is 26.2 Å². The predicted molar refractivity (Wildman–Crippen MR) is 93.6 cm³/mol. The number of aryl methyl sites for hydroxylation is 2. The van der Waals surface area contributed by atoms with Gasteiger partial charge in [-0.2, -0.15) is 10.2 Å². The molecule has 3 heterocycles. The maximum absolute atomic E-state index is 12.7. The van der Waals surface area contributed by atoms with Crippen molar-refractivity contribution in [3.8, 4) is 0 Å². The van der Waals surface area contributed by atoms with Crippen LogP contribution in [0.2, 0.25) is 0 Å². The molecule has 140 valence electrons. The number of hydrogen-bond donors (Lipinski definition) is 1. The van der Waals surface area contributed by atoms with Crippen molar-refractivity contribution < 1.29 is 14.7 Å². The summed E-state index contributed by atoms with van der Waals surface area (Å²) in [4.78, 5) is 27.6. The van der Waals surface area contributed by atoms with Crippen LogP contribution in [0.3, 0.4) is 0 Å². The zero-order chi connectivity index (χ0) is 18.5. The minimum absolute atomic E-state index is 0.0544. The zero-order valence-electron chi connectivity index (χ0n) is 14.9. The quantitative estimate of drug-likeness (QED) is 0.774. The first-order chi connectivity index (χ1) is 12.6. The number of aliphatic carboxylic acids is 1. The lowest BCUT2D eigenvalue weighted by atomic mass is 10.2. The first-order valence-electron chi connectivity index (χ1n) is 8.83. The van der Waals surface area contributed by atoms with Gasteiger partial charge in [-0.15, -0.1) is 0 Å². The molecule has 2 aromatic rings. The van der Waals surface area contributed by atoms with Crippen LogP contribution >= 0.6 is 0 Å². The third kappa shape index (κ3) is 4.29. The maximum Gasteiger partial charge on any atom is 0.305 e. The second kappa shape index (κ2) is 8.13. The molecule has 9 nitrogen and oxygen atoms in total. The molecule has 0 saturated carbocycles. The summed E-state index contributed by atoms with van der Waals surface area (Å²) in [6, 6.07) is 1.65. The molecule has 1 amide bonds. The monoisotopic (exact) mass is 360 g/mol. The van der Waals surface area contributed by atoms with E-state index in [4.69, 9.17) is 5.11 Å². The smallest absolute Gasteiger partial charge is 0.305 e. The van der Waals surface area contributed by atoms with E-state index in [1.54, 1.807) is 11.0 Å². The molecule has 0 aromatic carbocycles. The van der Waals surface area contributed by atoms with E-state index in [0.717, 1.165) is 26.2 Å². The fourth-order valence-electron chi connectivity index (χ4n) is 3.08. The fraction of sp³-hybridized carbons (Fsp3) is 0.529. The first kappa shape index (κ1) is 18.1. The molecule has 26 heavy (non-hydrogen) atoms. The standard InChI is InChI=1S/C17H24N6O3/c1-2-22-13-14(11-19-22)12-20-7-9-21(10-8-20)17(26)15-3-5-18-23(15)6-4-16(24)25/h3,5,11,13H,2,4,6-10,12H2,1H3,(H,24,25). The van der Waals surface area contributed by atoms with E-state index >= 15 is 0 Å². The van der Waals surface area contributed by atoms with Gasteiger partial charge in [0.05, 0.1) is 19.2 Å². The lowest BCUT2D eigenvalue weighted by Crippen LogP contribution is -2.48. The van der Waals surface area contributed by atoms with Crippen LogP contribution in [0.15, 0.2) is 24.7 Å². The summed E-state index contributed by atoms with van der Waals surface area (Å²) in [5, 5.41) is 17.2. The van der Waals surface area contributed by atoms with E-state index in [-0.39, 0.29) is 18.9 Å². The lowest BCUT2D eigenvalue weighted by molar-refractivity contribution is -0.137. The number of carbonyl (C=O) groups excluding carboxylic acids is 1. The number of hydrogen-bond acceptors (Lipinski definition) is 5. The Bertz CT molecular complexity index is 760. The highest BCUT2D eigenvalue weighted by Gasteiger charge is 2.24. The average Bonchev–Trinajstić information content (AvgIpc) is 3.29. The van der Waals surface area contributed by atoms with Crippen molar-refractivity contribution in [3.05, 3.63) is 35.9 Å². The van der Waals surface area contributed by atoms with Crippen LogP contribution in [-0.2, 0) is 24.4 Å². The Labute approximate surface area is 151 Å².